The summed E-state index contributed by atoms with van der Waals surface area (Å²) in [5.41, 5.74) is 6.34. The van der Waals surface area contributed by atoms with Crippen molar-refractivity contribution < 1.29 is 19.4 Å². The van der Waals surface area contributed by atoms with Gasteiger partial charge in [-0.2, -0.15) is 0 Å². The number of rotatable bonds is 13. The molecule has 0 heterocycles. The zero-order valence-corrected chi connectivity index (χ0v) is 23.5. The lowest BCUT2D eigenvalue weighted by molar-refractivity contribution is -0.138. The minimum absolute atomic E-state index is 0.0606. The van der Waals surface area contributed by atoms with Crippen LogP contribution in [0.15, 0.2) is 72.8 Å². The number of fused-ring (bicyclic) bond motifs is 1. The quantitative estimate of drug-likeness (QED) is 0.138. The van der Waals surface area contributed by atoms with Crippen LogP contribution in [0.2, 0.25) is 0 Å². The molecule has 0 radical (unpaired) electrons. The maximum Gasteiger partial charge on any atom is 0.333 e. The van der Waals surface area contributed by atoms with E-state index in [1.165, 1.54) is 66.9 Å². The second-order valence-electron chi connectivity index (χ2n) is 10.7. The fourth-order valence-corrected chi connectivity index (χ4v) is 5.35. The summed E-state index contributed by atoms with van der Waals surface area (Å²) in [4.78, 5) is 11.8. The molecule has 0 aliphatic heterocycles. The number of aliphatic hydroxyl groups is 1. The minimum Gasteiger partial charge on any atom is -0.491 e. The van der Waals surface area contributed by atoms with Gasteiger partial charge in [0.1, 0.15) is 12.4 Å². The normalized spacial score (nSPS) is 15.2. The van der Waals surface area contributed by atoms with E-state index >= 15 is 0 Å². The lowest BCUT2D eigenvalue weighted by Crippen LogP contribution is -2.10. The summed E-state index contributed by atoms with van der Waals surface area (Å²) in [6.07, 6.45) is 12.1. The third kappa shape index (κ3) is 7.83. The molecule has 0 bridgehead atoms. The van der Waals surface area contributed by atoms with Crippen LogP contribution in [-0.4, -0.2) is 30.9 Å². The standard InChI is InChI=1S/C35H42O4/c1-4-5-6-7-26-8-10-27(11-9-26)28-12-13-30-23-31(15-14-29(30)22-28)32-16-17-34(38-21-19-36)33(24-32)18-20-39-35(37)25(2)3/h10,12-17,22-24,26,36H,2,4-9,11,18-21H2,1,3H3. The smallest absolute Gasteiger partial charge is 0.333 e. The number of aliphatic hydroxyl groups excluding tert-OH is 1. The number of allylic oxidation sites excluding steroid dienone is 2. The average Bonchev–Trinajstić information content (AvgIpc) is 2.96. The number of benzene rings is 3. The van der Waals surface area contributed by atoms with Crippen LogP contribution in [-0.2, 0) is 16.0 Å². The molecular formula is C35H42O4. The predicted molar refractivity (Wildman–Crippen MR) is 161 cm³/mol. The van der Waals surface area contributed by atoms with Crippen LogP contribution < -0.4 is 4.74 Å². The third-order valence-corrected chi connectivity index (χ3v) is 7.64. The fraction of sp³-hybridized carbons (Fsp3) is 0.400. The van der Waals surface area contributed by atoms with E-state index in [2.05, 4.69) is 62.0 Å². The SMILES string of the molecule is C=C(C)C(=O)OCCc1cc(-c2ccc3cc(C4=CCC(CCCCC)CC4)ccc3c2)ccc1OCCO. The largest absolute Gasteiger partial charge is 0.491 e. The van der Waals surface area contributed by atoms with Gasteiger partial charge in [0.25, 0.3) is 0 Å². The maximum absolute atomic E-state index is 11.8. The molecule has 0 saturated carbocycles. The van der Waals surface area contributed by atoms with E-state index in [1.807, 2.05) is 12.1 Å². The maximum atomic E-state index is 11.8. The molecule has 1 unspecified atom stereocenters. The van der Waals surface area contributed by atoms with Crippen LogP contribution in [0.4, 0.5) is 0 Å². The lowest BCUT2D eigenvalue weighted by Gasteiger charge is -2.22. The Balaban J connectivity index is 1.50. The Labute approximate surface area is 233 Å². The molecule has 3 aromatic carbocycles. The summed E-state index contributed by atoms with van der Waals surface area (Å²) in [5, 5.41) is 11.7. The highest BCUT2D eigenvalue weighted by atomic mass is 16.5. The van der Waals surface area contributed by atoms with Gasteiger partial charge in [0.15, 0.2) is 0 Å². The van der Waals surface area contributed by atoms with Gasteiger partial charge in [-0.05, 0) is 95.0 Å². The molecule has 4 heteroatoms. The second-order valence-corrected chi connectivity index (χ2v) is 10.7. The number of ether oxygens (including phenoxy) is 2. The number of hydrogen-bond acceptors (Lipinski definition) is 4. The summed E-state index contributed by atoms with van der Waals surface area (Å²) >= 11 is 0. The summed E-state index contributed by atoms with van der Waals surface area (Å²) < 4.78 is 11.1. The van der Waals surface area contributed by atoms with Crippen LogP contribution in [0.1, 0.15) is 69.9 Å². The third-order valence-electron chi connectivity index (χ3n) is 7.64. The average molecular weight is 527 g/mol. The van der Waals surface area contributed by atoms with E-state index < -0.39 is 5.97 Å². The zero-order chi connectivity index (χ0) is 27.6. The first-order valence-corrected chi connectivity index (χ1v) is 14.4. The highest BCUT2D eigenvalue weighted by molar-refractivity contribution is 5.90. The van der Waals surface area contributed by atoms with Gasteiger partial charge in [0.2, 0.25) is 0 Å². The summed E-state index contributed by atoms with van der Waals surface area (Å²) in [5.74, 6) is 1.15. The molecular weight excluding hydrogens is 484 g/mol. The van der Waals surface area contributed by atoms with Crippen molar-refractivity contribution >= 4 is 22.3 Å². The van der Waals surface area contributed by atoms with Crippen LogP contribution in [0.3, 0.4) is 0 Å². The Hall–Kier alpha value is -3.37. The molecule has 3 aromatic rings. The van der Waals surface area contributed by atoms with Crippen molar-refractivity contribution in [3.05, 3.63) is 84.0 Å². The number of esters is 1. The van der Waals surface area contributed by atoms with E-state index in [9.17, 15) is 9.90 Å². The number of hydrogen-bond donors (Lipinski definition) is 1. The molecule has 4 rings (SSSR count). The molecule has 1 atom stereocenters. The van der Waals surface area contributed by atoms with Gasteiger partial charge in [-0.15, -0.1) is 0 Å². The monoisotopic (exact) mass is 526 g/mol. The van der Waals surface area contributed by atoms with Crippen LogP contribution in [0.5, 0.6) is 5.75 Å². The van der Waals surface area contributed by atoms with Gasteiger partial charge < -0.3 is 14.6 Å². The van der Waals surface area contributed by atoms with Crippen molar-refractivity contribution in [1.82, 2.24) is 0 Å². The van der Waals surface area contributed by atoms with Crippen LogP contribution >= 0.6 is 0 Å². The van der Waals surface area contributed by atoms with Crippen molar-refractivity contribution in [2.75, 3.05) is 19.8 Å². The molecule has 1 aliphatic rings. The van der Waals surface area contributed by atoms with Crippen molar-refractivity contribution in [2.45, 2.75) is 65.2 Å². The number of unbranched alkanes of at least 4 members (excludes halogenated alkanes) is 2. The first-order chi connectivity index (χ1) is 19.0. The molecule has 0 amide bonds. The summed E-state index contributed by atoms with van der Waals surface area (Å²) in [6.45, 7) is 7.94. The first-order valence-electron chi connectivity index (χ1n) is 14.4. The molecule has 0 aromatic heterocycles. The molecule has 0 fully saturated rings. The van der Waals surface area contributed by atoms with E-state index in [0.29, 0.717) is 17.7 Å². The first kappa shape index (κ1) is 28.6. The van der Waals surface area contributed by atoms with Crippen molar-refractivity contribution in [3.63, 3.8) is 0 Å². The van der Waals surface area contributed by atoms with Gasteiger partial charge in [0, 0.05) is 12.0 Å². The van der Waals surface area contributed by atoms with Crippen molar-refractivity contribution in [3.8, 4) is 16.9 Å². The molecule has 1 N–H and O–H groups in total. The lowest BCUT2D eigenvalue weighted by atomic mass is 9.83. The summed E-state index contributed by atoms with van der Waals surface area (Å²) in [7, 11) is 0. The van der Waals surface area contributed by atoms with Gasteiger partial charge in [0.05, 0.1) is 13.2 Å². The number of carbonyl (C=O) groups excluding carboxylic acids is 1. The Morgan fingerprint density at radius 1 is 0.974 bits per heavy atom. The summed E-state index contributed by atoms with van der Waals surface area (Å²) in [6, 6.07) is 19.5. The van der Waals surface area contributed by atoms with Gasteiger partial charge in [-0.3, -0.25) is 0 Å². The Kier molecular flexibility index (Phi) is 10.4. The molecule has 206 valence electrons. The Morgan fingerprint density at radius 3 is 2.38 bits per heavy atom. The van der Waals surface area contributed by atoms with Gasteiger partial charge >= 0.3 is 5.97 Å². The second kappa shape index (κ2) is 14.1. The molecule has 0 saturated heterocycles. The molecule has 0 spiro atoms. The van der Waals surface area contributed by atoms with Gasteiger partial charge in [-0.25, -0.2) is 4.79 Å². The van der Waals surface area contributed by atoms with Crippen molar-refractivity contribution in [1.29, 1.82) is 0 Å². The number of carbonyl (C=O) groups is 1. The molecule has 1 aliphatic carbocycles. The topological polar surface area (TPSA) is 55.8 Å². The Morgan fingerprint density at radius 2 is 1.69 bits per heavy atom. The highest BCUT2D eigenvalue weighted by Gasteiger charge is 2.16. The molecule has 39 heavy (non-hydrogen) atoms. The predicted octanol–water partition coefficient (Wildman–Crippen LogP) is 8.30. The molecule has 4 nitrogen and oxygen atoms in total. The van der Waals surface area contributed by atoms with Gasteiger partial charge in [-0.1, -0.05) is 75.6 Å². The highest BCUT2D eigenvalue weighted by Crippen LogP contribution is 2.35. The van der Waals surface area contributed by atoms with Crippen molar-refractivity contribution in [2.24, 2.45) is 5.92 Å². The van der Waals surface area contributed by atoms with E-state index in [-0.39, 0.29) is 19.8 Å². The minimum atomic E-state index is -0.395. The van der Waals surface area contributed by atoms with E-state index in [1.54, 1.807) is 6.92 Å². The van der Waals surface area contributed by atoms with Crippen LogP contribution in [0, 0.1) is 5.92 Å². The Bertz CT molecular complexity index is 1320. The fourth-order valence-electron chi connectivity index (χ4n) is 5.35. The van der Waals surface area contributed by atoms with E-state index in [0.717, 1.165) is 22.6 Å². The zero-order valence-electron chi connectivity index (χ0n) is 23.5. The van der Waals surface area contributed by atoms with Crippen LogP contribution in [0.25, 0.3) is 27.5 Å². The van der Waals surface area contributed by atoms with E-state index in [4.69, 9.17) is 9.47 Å².